The molecule has 1 aliphatic carbocycles. The van der Waals surface area contributed by atoms with Gasteiger partial charge in [0.05, 0.1) is 19.4 Å². The number of carbonyl (C=O) groups excluding carboxylic acids is 2. The van der Waals surface area contributed by atoms with E-state index in [2.05, 4.69) is 0 Å². The summed E-state index contributed by atoms with van der Waals surface area (Å²) in [4.78, 5) is 22.9. The second-order valence-corrected chi connectivity index (χ2v) is 5.38. The summed E-state index contributed by atoms with van der Waals surface area (Å²) in [6.07, 6.45) is -1.72. The zero-order valence-corrected chi connectivity index (χ0v) is 10.6. The third-order valence-electron chi connectivity index (χ3n) is 2.34. The molecular formula is C11H17F2NO4. The Bertz CT molecular complexity index is 355. The third-order valence-corrected chi connectivity index (χ3v) is 2.34. The number of rotatable bonds is 3. The maximum absolute atomic E-state index is 13.0. The summed E-state index contributed by atoms with van der Waals surface area (Å²) in [6.45, 7) is 4.32. The SMILES string of the molecule is CC(C)(C)OC(=O)C1(OC(=O)CN)CC(F)(F)C1. The molecule has 0 amide bonds. The molecule has 5 nitrogen and oxygen atoms in total. The highest BCUT2D eigenvalue weighted by atomic mass is 19.3. The number of esters is 2. The van der Waals surface area contributed by atoms with Crippen LogP contribution in [0, 0.1) is 0 Å². The number of hydrogen-bond donors (Lipinski definition) is 1. The minimum Gasteiger partial charge on any atom is -0.457 e. The molecule has 0 aliphatic heterocycles. The van der Waals surface area contributed by atoms with E-state index in [1.807, 2.05) is 0 Å². The Balaban J connectivity index is 2.80. The van der Waals surface area contributed by atoms with E-state index < -0.39 is 48.4 Å². The Labute approximate surface area is 104 Å². The monoisotopic (exact) mass is 265 g/mol. The van der Waals surface area contributed by atoms with Crippen molar-refractivity contribution in [1.29, 1.82) is 0 Å². The molecule has 1 aliphatic rings. The predicted molar refractivity (Wildman–Crippen MR) is 57.9 cm³/mol. The van der Waals surface area contributed by atoms with E-state index in [0.29, 0.717) is 0 Å². The molecule has 1 rings (SSSR count). The molecule has 0 spiro atoms. The van der Waals surface area contributed by atoms with Crippen LogP contribution in [-0.4, -0.2) is 35.6 Å². The van der Waals surface area contributed by atoms with Gasteiger partial charge in [-0.05, 0) is 20.8 Å². The third kappa shape index (κ3) is 3.38. The maximum Gasteiger partial charge on any atom is 0.351 e. The highest BCUT2D eigenvalue weighted by Crippen LogP contribution is 2.49. The van der Waals surface area contributed by atoms with E-state index in [-0.39, 0.29) is 0 Å². The summed E-state index contributed by atoms with van der Waals surface area (Å²) in [5.41, 5.74) is 2.30. The molecule has 1 saturated carbocycles. The van der Waals surface area contributed by atoms with Crippen molar-refractivity contribution in [3.8, 4) is 0 Å². The molecule has 0 unspecified atom stereocenters. The number of ether oxygens (including phenoxy) is 2. The minimum atomic E-state index is -3.02. The first-order valence-corrected chi connectivity index (χ1v) is 5.53. The quantitative estimate of drug-likeness (QED) is 0.770. The van der Waals surface area contributed by atoms with Crippen molar-refractivity contribution in [3.63, 3.8) is 0 Å². The standard InChI is InChI=1S/C11H17F2NO4/c1-9(2,3)18-8(16)10(17-7(15)4-14)5-11(12,13)6-10/h4-6,14H2,1-3H3. The summed E-state index contributed by atoms with van der Waals surface area (Å²) < 4.78 is 35.6. The molecule has 0 atom stereocenters. The van der Waals surface area contributed by atoms with Crippen LogP contribution in [0.2, 0.25) is 0 Å². The lowest BCUT2D eigenvalue weighted by Gasteiger charge is -2.44. The van der Waals surface area contributed by atoms with Crippen molar-refractivity contribution >= 4 is 11.9 Å². The van der Waals surface area contributed by atoms with Crippen LogP contribution < -0.4 is 5.73 Å². The fourth-order valence-electron chi connectivity index (χ4n) is 1.67. The van der Waals surface area contributed by atoms with Gasteiger partial charge in [0.15, 0.2) is 0 Å². The lowest BCUT2D eigenvalue weighted by Crippen LogP contribution is -2.61. The van der Waals surface area contributed by atoms with Crippen LogP contribution in [0.4, 0.5) is 8.78 Å². The maximum atomic E-state index is 13.0. The molecule has 2 N–H and O–H groups in total. The van der Waals surface area contributed by atoms with E-state index in [4.69, 9.17) is 15.2 Å². The van der Waals surface area contributed by atoms with Gasteiger partial charge in [-0.25, -0.2) is 13.6 Å². The van der Waals surface area contributed by atoms with Crippen LogP contribution >= 0.6 is 0 Å². The zero-order valence-electron chi connectivity index (χ0n) is 10.6. The average Bonchev–Trinajstić information content (AvgIpc) is 2.11. The van der Waals surface area contributed by atoms with E-state index >= 15 is 0 Å². The molecule has 18 heavy (non-hydrogen) atoms. The second kappa shape index (κ2) is 4.46. The van der Waals surface area contributed by atoms with Gasteiger partial charge >= 0.3 is 11.9 Å². The molecule has 0 radical (unpaired) electrons. The van der Waals surface area contributed by atoms with E-state index in [9.17, 15) is 18.4 Å². The summed E-state index contributed by atoms with van der Waals surface area (Å²) >= 11 is 0. The largest absolute Gasteiger partial charge is 0.457 e. The predicted octanol–water partition coefficient (Wildman–Crippen LogP) is 0.998. The Morgan fingerprint density at radius 3 is 2.11 bits per heavy atom. The Hall–Kier alpha value is -1.24. The van der Waals surface area contributed by atoms with Gasteiger partial charge in [0.1, 0.15) is 5.60 Å². The molecule has 0 aromatic heterocycles. The molecule has 0 saturated heterocycles. The Kier molecular flexibility index (Phi) is 3.67. The zero-order chi connectivity index (χ0) is 14.2. The smallest absolute Gasteiger partial charge is 0.351 e. The van der Waals surface area contributed by atoms with Crippen molar-refractivity contribution in [1.82, 2.24) is 0 Å². The first-order chi connectivity index (χ1) is 8.00. The first-order valence-electron chi connectivity index (χ1n) is 5.53. The van der Waals surface area contributed by atoms with Gasteiger partial charge in [0, 0.05) is 0 Å². The van der Waals surface area contributed by atoms with Crippen LogP contribution in [0.5, 0.6) is 0 Å². The van der Waals surface area contributed by atoms with Gasteiger partial charge in [-0.15, -0.1) is 0 Å². The second-order valence-electron chi connectivity index (χ2n) is 5.38. The normalized spacial score (nSPS) is 20.8. The first kappa shape index (κ1) is 14.8. The van der Waals surface area contributed by atoms with E-state index in [1.165, 1.54) is 0 Å². The van der Waals surface area contributed by atoms with Crippen molar-refractivity contribution in [2.45, 2.75) is 50.7 Å². The van der Waals surface area contributed by atoms with Gasteiger partial charge in [-0.2, -0.15) is 0 Å². The van der Waals surface area contributed by atoms with Gasteiger partial charge in [0.25, 0.3) is 5.92 Å². The number of carbonyl (C=O) groups is 2. The van der Waals surface area contributed by atoms with E-state index in [0.717, 1.165) is 0 Å². The van der Waals surface area contributed by atoms with Crippen LogP contribution in [0.15, 0.2) is 0 Å². The molecule has 0 heterocycles. The summed E-state index contributed by atoms with van der Waals surface area (Å²) in [5, 5.41) is 0. The molecule has 1 fully saturated rings. The Morgan fingerprint density at radius 2 is 1.78 bits per heavy atom. The average molecular weight is 265 g/mol. The van der Waals surface area contributed by atoms with Gasteiger partial charge < -0.3 is 15.2 Å². The number of alkyl halides is 2. The Morgan fingerprint density at radius 1 is 1.28 bits per heavy atom. The van der Waals surface area contributed by atoms with Gasteiger partial charge in [-0.3, -0.25) is 4.79 Å². The fourth-order valence-corrected chi connectivity index (χ4v) is 1.67. The number of hydrogen-bond acceptors (Lipinski definition) is 5. The number of nitrogens with two attached hydrogens (primary N) is 1. The molecule has 0 aromatic carbocycles. The van der Waals surface area contributed by atoms with Gasteiger partial charge in [-0.1, -0.05) is 0 Å². The lowest BCUT2D eigenvalue weighted by molar-refractivity contribution is -0.241. The van der Waals surface area contributed by atoms with Crippen LogP contribution in [0.25, 0.3) is 0 Å². The molecular weight excluding hydrogens is 248 g/mol. The highest BCUT2D eigenvalue weighted by Gasteiger charge is 2.65. The summed E-state index contributed by atoms with van der Waals surface area (Å²) in [5.74, 6) is -4.88. The minimum absolute atomic E-state index is 0.476. The summed E-state index contributed by atoms with van der Waals surface area (Å²) in [7, 11) is 0. The molecule has 0 bridgehead atoms. The van der Waals surface area contributed by atoms with Gasteiger partial charge in [0.2, 0.25) is 5.60 Å². The van der Waals surface area contributed by atoms with Crippen LogP contribution in [-0.2, 0) is 19.1 Å². The molecule has 0 aromatic rings. The molecule has 7 heteroatoms. The fraction of sp³-hybridized carbons (Fsp3) is 0.818. The topological polar surface area (TPSA) is 78.6 Å². The highest BCUT2D eigenvalue weighted by molar-refractivity contribution is 5.85. The van der Waals surface area contributed by atoms with Crippen molar-refractivity contribution in [2.24, 2.45) is 5.73 Å². The van der Waals surface area contributed by atoms with Crippen molar-refractivity contribution in [3.05, 3.63) is 0 Å². The van der Waals surface area contributed by atoms with Crippen LogP contribution in [0.1, 0.15) is 33.6 Å². The lowest BCUT2D eigenvalue weighted by atomic mass is 9.76. The summed E-state index contributed by atoms with van der Waals surface area (Å²) in [6, 6.07) is 0. The number of halogens is 2. The molecule has 104 valence electrons. The van der Waals surface area contributed by atoms with Crippen LogP contribution in [0.3, 0.4) is 0 Å². The van der Waals surface area contributed by atoms with Crippen molar-refractivity contribution in [2.75, 3.05) is 6.54 Å². The van der Waals surface area contributed by atoms with E-state index in [1.54, 1.807) is 20.8 Å². The van der Waals surface area contributed by atoms with Crippen molar-refractivity contribution < 1.29 is 27.8 Å².